The van der Waals surface area contributed by atoms with E-state index in [1.807, 2.05) is 0 Å². The number of fused-ring (bicyclic) bond motifs is 3. The molecule has 0 spiro atoms. The highest BCUT2D eigenvalue weighted by Gasteiger charge is 2.44. The van der Waals surface area contributed by atoms with E-state index >= 15 is 0 Å². The molecule has 0 amide bonds. The number of hydrogen-bond acceptors (Lipinski definition) is 0. The second-order valence-electron chi connectivity index (χ2n) is 11.6. The van der Waals surface area contributed by atoms with Gasteiger partial charge in [0.15, 0.2) is 0 Å². The van der Waals surface area contributed by atoms with E-state index in [1.54, 1.807) is 0 Å². The van der Waals surface area contributed by atoms with Crippen molar-refractivity contribution in [2.75, 3.05) is 0 Å². The molecule has 0 saturated heterocycles. The Morgan fingerprint density at radius 2 is 1.07 bits per heavy atom. The lowest BCUT2D eigenvalue weighted by atomic mass is 9.68. The summed E-state index contributed by atoms with van der Waals surface area (Å²) >= 11 is 0. The van der Waals surface area contributed by atoms with Gasteiger partial charge in [-0.1, -0.05) is 138 Å². The van der Waals surface area contributed by atoms with Crippen LogP contribution < -0.4 is 0 Å². The van der Waals surface area contributed by atoms with Gasteiger partial charge in [-0.25, -0.2) is 0 Å². The SMILES string of the molecule is C#Cc1ccc(-c2ccc3c(c2-c2ccc(C#C)cc2)C(CCCCCC)(CCCCCC)c2ccccc2-3)cc1. The molecule has 0 heterocycles. The summed E-state index contributed by atoms with van der Waals surface area (Å²) < 4.78 is 0. The van der Waals surface area contributed by atoms with Crippen LogP contribution in [0.15, 0.2) is 84.9 Å². The van der Waals surface area contributed by atoms with E-state index in [0.717, 1.165) is 11.1 Å². The van der Waals surface area contributed by atoms with Gasteiger partial charge in [-0.15, -0.1) is 12.8 Å². The van der Waals surface area contributed by atoms with Crippen LogP contribution in [-0.4, -0.2) is 0 Å². The van der Waals surface area contributed by atoms with E-state index in [9.17, 15) is 0 Å². The number of unbranched alkanes of at least 4 members (excludes halogenated alkanes) is 6. The Hall–Kier alpha value is -4.00. The average molecular weight is 535 g/mol. The molecular weight excluding hydrogens is 492 g/mol. The largest absolute Gasteiger partial charge is 0.115 e. The van der Waals surface area contributed by atoms with Crippen LogP contribution in [0.4, 0.5) is 0 Å². The first kappa shape index (κ1) is 28.5. The molecule has 1 aliphatic rings. The van der Waals surface area contributed by atoms with Crippen LogP contribution in [0.3, 0.4) is 0 Å². The average Bonchev–Trinajstić information content (AvgIpc) is 3.31. The molecular formula is C41H42. The van der Waals surface area contributed by atoms with E-state index in [2.05, 4.69) is 111 Å². The quantitative estimate of drug-likeness (QED) is 0.125. The van der Waals surface area contributed by atoms with Crippen molar-refractivity contribution in [1.82, 2.24) is 0 Å². The Kier molecular flexibility index (Phi) is 9.12. The third kappa shape index (κ3) is 5.63. The fourth-order valence-corrected chi connectivity index (χ4v) is 6.97. The summed E-state index contributed by atoms with van der Waals surface area (Å²) in [5.41, 5.74) is 12.7. The lowest BCUT2D eigenvalue weighted by Gasteiger charge is -2.35. The monoisotopic (exact) mass is 534 g/mol. The summed E-state index contributed by atoms with van der Waals surface area (Å²) in [6, 6.07) is 31.1. The first-order chi connectivity index (χ1) is 20.2. The van der Waals surface area contributed by atoms with Crippen molar-refractivity contribution in [3.05, 3.63) is 107 Å². The van der Waals surface area contributed by atoms with Crippen molar-refractivity contribution in [3.8, 4) is 58.1 Å². The zero-order valence-corrected chi connectivity index (χ0v) is 24.8. The highest BCUT2D eigenvalue weighted by atomic mass is 14.5. The molecule has 0 fully saturated rings. The smallest absolute Gasteiger partial charge is 0.0243 e. The van der Waals surface area contributed by atoms with Crippen LogP contribution in [-0.2, 0) is 5.41 Å². The molecule has 41 heavy (non-hydrogen) atoms. The molecule has 206 valence electrons. The second-order valence-corrected chi connectivity index (χ2v) is 11.6. The van der Waals surface area contributed by atoms with Gasteiger partial charge in [0.2, 0.25) is 0 Å². The van der Waals surface area contributed by atoms with Crippen molar-refractivity contribution in [1.29, 1.82) is 0 Å². The van der Waals surface area contributed by atoms with Crippen molar-refractivity contribution >= 4 is 0 Å². The summed E-state index contributed by atoms with van der Waals surface area (Å²) in [5, 5.41) is 0. The maximum Gasteiger partial charge on any atom is 0.0243 e. The van der Waals surface area contributed by atoms with Crippen LogP contribution in [0.25, 0.3) is 33.4 Å². The molecule has 0 nitrogen and oxygen atoms in total. The Balaban J connectivity index is 1.79. The van der Waals surface area contributed by atoms with E-state index in [0.29, 0.717) is 0 Å². The lowest BCUT2D eigenvalue weighted by Crippen LogP contribution is -2.26. The molecule has 0 radical (unpaired) electrons. The normalized spacial score (nSPS) is 12.8. The van der Waals surface area contributed by atoms with Crippen molar-refractivity contribution in [3.63, 3.8) is 0 Å². The summed E-state index contributed by atoms with van der Waals surface area (Å²) in [7, 11) is 0. The summed E-state index contributed by atoms with van der Waals surface area (Å²) in [6.45, 7) is 4.60. The number of hydrogen-bond donors (Lipinski definition) is 0. The molecule has 0 atom stereocenters. The summed E-state index contributed by atoms with van der Waals surface area (Å²) in [6.07, 6.45) is 24.0. The molecule has 0 aromatic heterocycles. The molecule has 5 rings (SSSR count). The first-order valence-corrected chi connectivity index (χ1v) is 15.6. The van der Waals surface area contributed by atoms with Gasteiger partial charge in [0.1, 0.15) is 0 Å². The molecule has 0 bridgehead atoms. The summed E-state index contributed by atoms with van der Waals surface area (Å²) in [4.78, 5) is 0. The third-order valence-corrected chi connectivity index (χ3v) is 9.03. The van der Waals surface area contributed by atoms with Gasteiger partial charge < -0.3 is 0 Å². The number of benzene rings is 4. The topological polar surface area (TPSA) is 0 Å². The zero-order chi connectivity index (χ0) is 28.7. The second kappa shape index (κ2) is 13.1. The minimum atomic E-state index is -0.0116. The Labute approximate surface area is 248 Å². The molecule has 0 unspecified atom stereocenters. The molecule has 0 aliphatic heterocycles. The molecule has 4 aromatic rings. The molecule has 0 N–H and O–H groups in total. The van der Waals surface area contributed by atoms with Gasteiger partial charge in [0.25, 0.3) is 0 Å². The highest BCUT2D eigenvalue weighted by Crippen LogP contribution is 2.58. The van der Waals surface area contributed by atoms with Gasteiger partial charge in [-0.3, -0.25) is 0 Å². The van der Waals surface area contributed by atoms with Gasteiger partial charge in [-0.2, -0.15) is 0 Å². The predicted octanol–water partition coefficient (Wildman–Crippen LogP) is 11.2. The van der Waals surface area contributed by atoms with E-state index in [4.69, 9.17) is 12.8 Å². The zero-order valence-electron chi connectivity index (χ0n) is 24.8. The van der Waals surface area contributed by atoms with Gasteiger partial charge >= 0.3 is 0 Å². The van der Waals surface area contributed by atoms with Crippen molar-refractivity contribution in [2.24, 2.45) is 0 Å². The summed E-state index contributed by atoms with van der Waals surface area (Å²) in [5.74, 6) is 5.59. The lowest BCUT2D eigenvalue weighted by molar-refractivity contribution is 0.402. The molecule has 0 heteroatoms. The maximum absolute atomic E-state index is 5.77. The van der Waals surface area contributed by atoms with E-state index < -0.39 is 0 Å². The van der Waals surface area contributed by atoms with Gasteiger partial charge in [-0.05, 0) is 81.6 Å². The van der Waals surface area contributed by atoms with E-state index in [1.165, 1.54) is 109 Å². The predicted molar refractivity (Wildman–Crippen MR) is 177 cm³/mol. The fraction of sp³-hybridized carbons (Fsp3) is 0.317. The number of rotatable bonds is 12. The first-order valence-electron chi connectivity index (χ1n) is 15.6. The molecule has 4 aromatic carbocycles. The standard InChI is InChI=1S/C41H42/c1-5-9-11-15-29-41(30-16-12-10-6-2)38-18-14-13-17-36(38)37-28-27-35(33-23-19-31(7-3)20-24-33)39(40(37)41)34-25-21-32(8-4)22-26-34/h3-4,13-14,17-28H,5-6,9-12,15-16,29-30H2,1-2H3. The van der Waals surface area contributed by atoms with Gasteiger partial charge in [0, 0.05) is 16.5 Å². The highest BCUT2D eigenvalue weighted by molar-refractivity contribution is 5.96. The van der Waals surface area contributed by atoms with Crippen LogP contribution in [0, 0.1) is 24.7 Å². The van der Waals surface area contributed by atoms with Gasteiger partial charge in [0.05, 0.1) is 0 Å². The Morgan fingerprint density at radius 3 is 1.63 bits per heavy atom. The van der Waals surface area contributed by atoms with E-state index in [-0.39, 0.29) is 5.41 Å². The molecule has 0 saturated carbocycles. The minimum absolute atomic E-state index is 0.0116. The maximum atomic E-state index is 5.77. The van der Waals surface area contributed by atoms with Crippen molar-refractivity contribution < 1.29 is 0 Å². The van der Waals surface area contributed by atoms with Crippen LogP contribution in [0.1, 0.15) is 100 Å². The Morgan fingerprint density at radius 1 is 0.537 bits per heavy atom. The van der Waals surface area contributed by atoms with Crippen LogP contribution >= 0.6 is 0 Å². The Bertz CT molecular complexity index is 1540. The minimum Gasteiger partial charge on any atom is -0.115 e. The van der Waals surface area contributed by atoms with Crippen molar-refractivity contribution in [2.45, 2.75) is 83.5 Å². The third-order valence-electron chi connectivity index (χ3n) is 9.03. The molecule has 1 aliphatic carbocycles. The van der Waals surface area contributed by atoms with Crippen LogP contribution in [0.2, 0.25) is 0 Å². The fourth-order valence-electron chi connectivity index (χ4n) is 6.97. The number of terminal acetylenes is 2. The van der Waals surface area contributed by atoms with Crippen LogP contribution in [0.5, 0.6) is 0 Å².